The number of aryl methyl sites for hydroxylation is 1. The highest BCUT2D eigenvalue weighted by molar-refractivity contribution is 7.90. The quantitative estimate of drug-likeness (QED) is 0.346. The lowest BCUT2D eigenvalue weighted by Crippen LogP contribution is -2.16. The van der Waals surface area contributed by atoms with Crippen LogP contribution in [0, 0.1) is 0 Å². The van der Waals surface area contributed by atoms with Crippen molar-refractivity contribution in [3.05, 3.63) is 76.9 Å². The fourth-order valence-corrected chi connectivity index (χ4v) is 5.71. The van der Waals surface area contributed by atoms with Gasteiger partial charge < -0.3 is 5.11 Å². The Kier molecular flexibility index (Phi) is 6.26. The zero-order chi connectivity index (χ0) is 24.0. The summed E-state index contributed by atoms with van der Waals surface area (Å²) in [5.41, 5.74) is 2.91. The molecule has 0 aliphatic carbocycles. The van der Waals surface area contributed by atoms with Crippen molar-refractivity contribution >= 4 is 32.8 Å². The molecule has 0 spiro atoms. The van der Waals surface area contributed by atoms with Gasteiger partial charge in [-0.25, -0.2) is 13.1 Å². The van der Waals surface area contributed by atoms with Crippen LogP contribution in [0.25, 0.3) is 26.7 Å². The Balaban J connectivity index is 1.93. The molecule has 2 heterocycles. The number of sulfone groups is 1. The minimum atomic E-state index is -3.31. The first-order chi connectivity index (χ1) is 15.5. The van der Waals surface area contributed by atoms with Gasteiger partial charge in [-0.1, -0.05) is 42.8 Å². The molecule has 2 aromatic heterocycles. The van der Waals surface area contributed by atoms with Crippen LogP contribution in [-0.4, -0.2) is 29.6 Å². The smallest absolute Gasteiger partial charge is 0.175 e. The predicted molar refractivity (Wildman–Crippen MR) is 135 cm³/mol. The molecule has 0 saturated heterocycles. The molecule has 0 fully saturated rings. The van der Waals surface area contributed by atoms with Crippen molar-refractivity contribution in [3.8, 4) is 26.7 Å². The second-order valence-electron chi connectivity index (χ2n) is 8.46. The third kappa shape index (κ3) is 4.77. The highest BCUT2D eigenvalue weighted by Gasteiger charge is 2.26. The van der Waals surface area contributed by atoms with Crippen LogP contribution in [0.5, 0.6) is 0 Å². The van der Waals surface area contributed by atoms with E-state index >= 15 is 0 Å². The van der Waals surface area contributed by atoms with Crippen molar-refractivity contribution < 1.29 is 13.5 Å². The maximum atomic E-state index is 12.1. The number of benzene rings is 2. The number of aliphatic hydroxyl groups is 1. The molecule has 1 N–H and O–H groups in total. The number of aromatic nitrogens is 2. The predicted octanol–water partition coefficient (Wildman–Crippen LogP) is 6.11. The molecule has 0 saturated carbocycles. The molecule has 33 heavy (non-hydrogen) atoms. The normalized spacial score (nSPS) is 12.3. The molecule has 0 atom stereocenters. The third-order valence-electron chi connectivity index (χ3n) is 5.39. The van der Waals surface area contributed by atoms with Crippen LogP contribution >= 0.6 is 22.9 Å². The topological polar surface area (TPSA) is 72.2 Å². The number of thiophene rings is 1. The minimum absolute atomic E-state index is 0.290. The molecule has 172 valence electrons. The fourth-order valence-electron chi connectivity index (χ4n) is 3.58. The van der Waals surface area contributed by atoms with Crippen molar-refractivity contribution in [2.24, 2.45) is 0 Å². The van der Waals surface area contributed by atoms with Gasteiger partial charge in [-0.15, -0.1) is 11.3 Å². The van der Waals surface area contributed by atoms with Gasteiger partial charge in [0.15, 0.2) is 9.84 Å². The summed E-state index contributed by atoms with van der Waals surface area (Å²) in [5.74, 6) is 0. The molecule has 0 bridgehead atoms. The standard InChI is InChI=1S/C25H25ClN2O3S2/c1-5-16-14-22(17-9-8-10-18(13-17)33(4,30)31)32-24(16)21-15-23(25(2,3)29)27-28(21)20-12-7-6-11-19(20)26/h6-15,29H,5H2,1-4H3. The number of nitrogens with zero attached hydrogens (tertiary/aromatic N) is 2. The molecule has 4 rings (SSSR count). The molecule has 0 radical (unpaired) electrons. The van der Waals surface area contributed by atoms with Gasteiger partial charge in [0.25, 0.3) is 0 Å². The molecule has 5 nitrogen and oxygen atoms in total. The van der Waals surface area contributed by atoms with E-state index in [0.29, 0.717) is 15.6 Å². The van der Waals surface area contributed by atoms with Gasteiger partial charge >= 0.3 is 0 Å². The lowest BCUT2D eigenvalue weighted by Gasteiger charge is -2.13. The number of rotatable bonds is 6. The average Bonchev–Trinajstić information content (AvgIpc) is 3.38. The Labute approximate surface area is 203 Å². The number of hydrogen-bond donors (Lipinski definition) is 1. The van der Waals surface area contributed by atoms with Gasteiger partial charge in [-0.05, 0) is 67.8 Å². The van der Waals surface area contributed by atoms with Gasteiger partial charge in [0.05, 0.1) is 31.9 Å². The van der Waals surface area contributed by atoms with E-state index in [1.165, 1.54) is 6.26 Å². The van der Waals surface area contributed by atoms with Crippen molar-refractivity contribution in [1.82, 2.24) is 9.78 Å². The van der Waals surface area contributed by atoms with Crippen LogP contribution in [-0.2, 0) is 21.9 Å². The lowest BCUT2D eigenvalue weighted by molar-refractivity contribution is 0.0734. The van der Waals surface area contributed by atoms with E-state index in [4.69, 9.17) is 16.7 Å². The summed E-state index contributed by atoms with van der Waals surface area (Å²) >= 11 is 8.07. The monoisotopic (exact) mass is 500 g/mol. The fraction of sp³-hybridized carbons (Fsp3) is 0.240. The molecular weight excluding hydrogens is 476 g/mol. The van der Waals surface area contributed by atoms with Crippen LogP contribution in [0.4, 0.5) is 0 Å². The van der Waals surface area contributed by atoms with Gasteiger partial charge in [0, 0.05) is 11.1 Å². The van der Waals surface area contributed by atoms with E-state index < -0.39 is 15.4 Å². The van der Waals surface area contributed by atoms with Crippen LogP contribution < -0.4 is 0 Å². The Bertz CT molecular complexity index is 1430. The van der Waals surface area contributed by atoms with Crippen LogP contribution in [0.3, 0.4) is 0 Å². The number of hydrogen-bond acceptors (Lipinski definition) is 5. The summed E-state index contributed by atoms with van der Waals surface area (Å²) in [5, 5.41) is 15.9. The molecule has 0 aliphatic rings. The zero-order valence-electron chi connectivity index (χ0n) is 18.8. The lowest BCUT2D eigenvalue weighted by atomic mass is 10.0. The highest BCUT2D eigenvalue weighted by atomic mass is 35.5. The molecule has 8 heteroatoms. The summed E-state index contributed by atoms with van der Waals surface area (Å²) in [4.78, 5) is 2.25. The summed E-state index contributed by atoms with van der Waals surface area (Å²) in [6.07, 6.45) is 1.99. The van der Waals surface area contributed by atoms with Crippen molar-refractivity contribution in [1.29, 1.82) is 0 Å². The van der Waals surface area contributed by atoms with E-state index in [1.807, 2.05) is 36.4 Å². The first kappa shape index (κ1) is 23.7. The van der Waals surface area contributed by atoms with Gasteiger partial charge in [0.1, 0.15) is 5.60 Å². The van der Waals surface area contributed by atoms with E-state index in [2.05, 4.69) is 13.0 Å². The molecule has 0 amide bonds. The number of halogens is 1. The highest BCUT2D eigenvalue weighted by Crippen LogP contribution is 2.41. The van der Waals surface area contributed by atoms with Crippen molar-refractivity contribution in [2.75, 3.05) is 6.26 Å². The van der Waals surface area contributed by atoms with E-state index in [0.717, 1.165) is 38.7 Å². The van der Waals surface area contributed by atoms with Gasteiger partial charge in [0.2, 0.25) is 0 Å². The second-order valence-corrected chi connectivity index (χ2v) is 11.9. The molecular formula is C25H25ClN2O3S2. The van der Waals surface area contributed by atoms with Gasteiger partial charge in [-0.2, -0.15) is 5.10 Å². The molecule has 4 aromatic rings. The van der Waals surface area contributed by atoms with Crippen LogP contribution in [0.1, 0.15) is 32.0 Å². The largest absolute Gasteiger partial charge is 0.384 e. The van der Waals surface area contributed by atoms with Gasteiger partial charge in [-0.3, -0.25) is 0 Å². The SMILES string of the molecule is CCc1cc(-c2cccc(S(C)(=O)=O)c2)sc1-c1cc(C(C)(C)O)nn1-c1ccccc1Cl. The second kappa shape index (κ2) is 8.72. The Morgan fingerprint density at radius 3 is 2.45 bits per heavy atom. The third-order valence-corrected chi connectivity index (χ3v) is 8.06. The maximum Gasteiger partial charge on any atom is 0.175 e. The van der Waals surface area contributed by atoms with E-state index in [1.54, 1.807) is 48.1 Å². The van der Waals surface area contributed by atoms with Crippen molar-refractivity contribution in [3.63, 3.8) is 0 Å². The summed E-state index contributed by atoms with van der Waals surface area (Å²) in [7, 11) is -3.31. The van der Waals surface area contributed by atoms with E-state index in [-0.39, 0.29) is 0 Å². The average molecular weight is 501 g/mol. The van der Waals surface area contributed by atoms with Crippen molar-refractivity contribution in [2.45, 2.75) is 37.7 Å². The molecule has 0 unspecified atom stereocenters. The Hall–Kier alpha value is -2.45. The maximum absolute atomic E-state index is 12.1. The minimum Gasteiger partial charge on any atom is -0.384 e. The first-order valence-electron chi connectivity index (χ1n) is 10.5. The molecule has 0 aliphatic heterocycles. The first-order valence-corrected chi connectivity index (χ1v) is 13.6. The Morgan fingerprint density at radius 2 is 1.82 bits per heavy atom. The summed E-state index contributed by atoms with van der Waals surface area (Å²) in [6, 6.07) is 18.4. The summed E-state index contributed by atoms with van der Waals surface area (Å²) < 4.78 is 25.9. The van der Waals surface area contributed by atoms with E-state index in [9.17, 15) is 13.5 Å². The van der Waals surface area contributed by atoms with Crippen LogP contribution in [0.15, 0.2) is 65.6 Å². The van der Waals surface area contributed by atoms with Crippen LogP contribution in [0.2, 0.25) is 5.02 Å². The number of para-hydroxylation sites is 1. The summed E-state index contributed by atoms with van der Waals surface area (Å²) in [6.45, 7) is 5.48. The molecule has 2 aromatic carbocycles. The Morgan fingerprint density at radius 1 is 1.09 bits per heavy atom. The zero-order valence-corrected chi connectivity index (χ0v) is 21.2.